The molecule has 0 spiro atoms. The smallest absolute Gasteiger partial charge is 0.101 e. The molecular weight excluding hydrogens is 293 g/mol. The van der Waals surface area contributed by atoms with Crippen molar-refractivity contribution in [1.29, 1.82) is 5.26 Å². The standard InChI is InChI=1S/C15H13Cl2N3/c1-9(12-6-5-11(16)7-13(12)17)20-14-4-2-3-10(8-18)15(14)19/h2-7,9,20H,19H2,1H3. The molecule has 102 valence electrons. The van der Waals surface area contributed by atoms with Crippen LogP contribution in [0.25, 0.3) is 0 Å². The Bertz CT molecular complexity index is 677. The molecule has 0 aliphatic rings. The maximum atomic E-state index is 8.98. The second kappa shape index (κ2) is 6.04. The molecule has 0 amide bonds. The van der Waals surface area contributed by atoms with Crippen molar-refractivity contribution in [1.82, 2.24) is 0 Å². The number of hydrogen-bond donors (Lipinski definition) is 2. The van der Waals surface area contributed by atoms with E-state index in [4.69, 9.17) is 34.2 Å². The summed E-state index contributed by atoms with van der Waals surface area (Å²) in [6, 6.07) is 12.7. The predicted molar refractivity (Wildman–Crippen MR) is 84.1 cm³/mol. The van der Waals surface area contributed by atoms with Crippen molar-refractivity contribution in [2.75, 3.05) is 11.1 Å². The second-order valence-electron chi connectivity index (χ2n) is 4.41. The Labute approximate surface area is 127 Å². The van der Waals surface area contributed by atoms with Gasteiger partial charge >= 0.3 is 0 Å². The summed E-state index contributed by atoms with van der Waals surface area (Å²) in [7, 11) is 0. The lowest BCUT2D eigenvalue weighted by molar-refractivity contribution is 0.886. The van der Waals surface area contributed by atoms with Crippen LogP contribution in [0.15, 0.2) is 36.4 Å². The first kappa shape index (κ1) is 14.5. The van der Waals surface area contributed by atoms with E-state index < -0.39 is 0 Å². The topological polar surface area (TPSA) is 61.8 Å². The minimum Gasteiger partial charge on any atom is -0.396 e. The van der Waals surface area contributed by atoms with E-state index in [2.05, 4.69) is 11.4 Å². The molecule has 2 rings (SSSR count). The largest absolute Gasteiger partial charge is 0.396 e. The maximum absolute atomic E-state index is 8.98. The summed E-state index contributed by atoms with van der Waals surface area (Å²) < 4.78 is 0. The number of benzene rings is 2. The van der Waals surface area contributed by atoms with E-state index in [1.807, 2.05) is 19.1 Å². The number of nitrogens with zero attached hydrogens (tertiary/aromatic N) is 1. The Morgan fingerprint density at radius 3 is 2.65 bits per heavy atom. The zero-order chi connectivity index (χ0) is 14.7. The fourth-order valence-electron chi connectivity index (χ4n) is 1.95. The summed E-state index contributed by atoms with van der Waals surface area (Å²) in [6.07, 6.45) is 0. The molecule has 20 heavy (non-hydrogen) atoms. The molecule has 0 aliphatic heterocycles. The quantitative estimate of drug-likeness (QED) is 0.813. The number of nitrogen functional groups attached to an aromatic ring is 1. The number of nitrogens with one attached hydrogen (secondary N) is 1. The van der Waals surface area contributed by atoms with Crippen molar-refractivity contribution >= 4 is 34.6 Å². The molecule has 3 N–H and O–H groups in total. The molecule has 0 fully saturated rings. The first-order valence-corrected chi connectivity index (χ1v) is 6.78. The summed E-state index contributed by atoms with van der Waals surface area (Å²) in [4.78, 5) is 0. The lowest BCUT2D eigenvalue weighted by Gasteiger charge is -2.18. The van der Waals surface area contributed by atoms with Crippen molar-refractivity contribution in [3.8, 4) is 6.07 Å². The summed E-state index contributed by atoms with van der Waals surface area (Å²) in [5.74, 6) is 0. The summed E-state index contributed by atoms with van der Waals surface area (Å²) >= 11 is 12.1. The van der Waals surface area contributed by atoms with Gasteiger partial charge in [0, 0.05) is 10.0 Å². The highest BCUT2D eigenvalue weighted by Crippen LogP contribution is 2.31. The molecule has 1 unspecified atom stereocenters. The van der Waals surface area contributed by atoms with Gasteiger partial charge in [-0.25, -0.2) is 0 Å². The van der Waals surface area contributed by atoms with E-state index in [1.165, 1.54) is 0 Å². The summed E-state index contributed by atoms with van der Waals surface area (Å²) in [6.45, 7) is 1.97. The van der Waals surface area contributed by atoms with Gasteiger partial charge in [-0.1, -0.05) is 35.3 Å². The van der Waals surface area contributed by atoms with Crippen molar-refractivity contribution in [2.45, 2.75) is 13.0 Å². The van der Waals surface area contributed by atoms with Crippen LogP contribution < -0.4 is 11.1 Å². The molecule has 1 atom stereocenters. The van der Waals surface area contributed by atoms with E-state index in [0.29, 0.717) is 27.0 Å². The lowest BCUT2D eigenvalue weighted by Crippen LogP contribution is -2.09. The van der Waals surface area contributed by atoms with Crippen molar-refractivity contribution in [3.05, 3.63) is 57.6 Å². The highest BCUT2D eigenvalue weighted by atomic mass is 35.5. The normalized spacial score (nSPS) is 11.7. The molecule has 0 heterocycles. The molecule has 3 nitrogen and oxygen atoms in total. The lowest BCUT2D eigenvalue weighted by atomic mass is 10.1. The van der Waals surface area contributed by atoms with Gasteiger partial charge in [0.2, 0.25) is 0 Å². The van der Waals surface area contributed by atoms with Gasteiger partial charge in [0.25, 0.3) is 0 Å². The number of nitriles is 1. The van der Waals surface area contributed by atoms with E-state index in [-0.39, 0.29) is 6.04 Å². The van der Waals surface area contributed by atoms with Crippen molar-refractivity contribution in [3.63, 3.8) is 0 Å². The number of halogens is 2. The Morgan fingerprint density at radius 2 is 2.00 bits per heavy atom. The second-order valence-corrected chi connectivity index (χ2v) is 5.25. The van der Waals surface area contributed by atoms with Gasteiger partial charge in [-0.15, -0.1) is 0 Å². The Morgan fingerprint density at radius 1 is 1.25 bits per heavy atom. The van der Waals surface area contributed by atoms with Gasteiger partial charge in [0.1, 0.15) is 6.07 Å². The molecule has 2 aromatic carbocycles. The molecule has 0 saturated heterocycles. The highest BCUT2D eigenvalue weighted by molar-refractivity contribution is 6.35. The number of rotatable bonds is 3. The van der Waals surface area contributed by atoms with Crippen LogP contribution in [0.2, 0.25) is 10.0 Å². The molecule has 0 aromatic heterocycles. The van der Waals surface area contributed by atoms with Crippen LogP contribution in [0.5, 0.6) is 0 Å². The first-order chi connectivity index (χ1) is 9.52. The Hall–Kier alpha value is -1.89. The fraction of sp³-hybridized carbons (Fsp3) is 0.133. The van der Waals surface area contributed by atoms with Crippen LogP contribution in [0.4, 0.5) is 11.4 Å². The molecule has 5 heteroatoms. The third kappa shape index (κ3) is 2.98. The van der Waals surface area contributed by atoms with Crippen molar-refractivity contribution < 1.29 is 0 Å². The number of nitrogens with two attached hydrogens (primary N) is 1. The van der Waals surface area contributed by atoms with Gasteiger partial charge in [0.15, 0.2) is 0 Å². The van der Waals surface area contributed by atoms with Gasteiger partial charge in [-0.05, 0) is 36.8 Å². The maximum Gasteiger partial charge on any atom is 0.101 e. The summed E-state index contributed by atoms with van der Waals surface area (Å²) in [5, 5.41) is 13.4. The van der Waals surface area contributed by atoms with Gasteiger partial charge in [-0.2, -0.15) is 5.26 Å². The van der Waals surface area contributed by atoms with Crippen LogP contribution in [-0.4, -0.2) is 0 Å². The average Bonchev–Trinajstić information content (AvgIpc) is 2.41. The van der Waals surface area contributed by atoms with Gasteiger partial charge < -0.3 is 11.1 Å². The molecule has 0 radical (unpaired) electrons. The Balaban J connectivity index is 2.28. The van der Waals surface area contributed by atoms with E-state index in [9.17, 15) is 0 Å². The third-order valence-electron chi connectivity index (χ3n) is 3.03. The van der Waals surface area contributed by atoms with Crippen LogP contribution in [0.1, 0.15) is 24.1 Å². The molecule has 0 saturated carbocycles. The van der Waals surface area contributed by atoms with Crippen LogP contribution in [-0.2, 0) is 0 Å². The molecular formula is C15H13Cl2N3. The molecule has 0 aliphatic carbocycles. The average molecular weight is 306 g/mol. The molecule has 0 bridgehead atoms. The number of hydrogen-bond acceptors (Lipinski definition) is 3. The Kier molecular flexibility index (Phi) is 4.39. The third-order valence-corrected chi connectivity index (χ3v) is 3.59. The van der Waals surface area contributed by atoms with E-state index >= 15 is 0 Å². The number of para-hydroxylation sites is 1. The monoisotopic (exact) mass is 305 g/mol. The fourth-order valence-corrected chi connectivity index (χ4v) is 2.52. The van der Waals surface area contributed by atoms with Crippen molar-refractivity contribution in [2.24, 2.45) is 0 Å². The minimum atomic E-state index is -0.0593. The van der Waals surface area contributed by atoms with Crippen LogP contribution in [0, 0.1) is 11.3 Å². The zero-order valence-electron chi connectivity index (χ0n) is 10.8. The SMILES string of the molecule is CC(Nc1cccc(C#N)c1N)c1ccc(Cl)cc1Cl. The minimum absolute atomic E-state index is 0.0593. The van der Waals surface area contributed by atoms with Crippen LogP contribution in [0.3, 0.4) is 0 Å². The van der Waals surface area contributed by atoms with Gasteiger partial charge in [0.05, 0.1) is 23.0 Å². The van der Waals surface area contributed by atoms with E-state index in [0.717, 1.165) is 5.56 Å². The highest BCUT2D eigenvalue weighted by Gasteiger charge is 2.12. The first-order valence-electron chi connectivity index (χ1n) is 6.03. The number of anilines is 2. The zero-order valence-corrected chi connectivity index (χ0v) is 12.3. The molecule has 2 aromatic rings. The van der Waals surface area contributed by atoms with Crippen LogP contribution >= 0.6 is 23.2 Å². The summed E-state index contributed by atoms with van der Waals surface area (Å²) in [5.41, 5.74) is 8.45. The predicted octanol–water partition coefficient (Wildman–Crippen LogP) is 4.62. The van der Waals surface area contributed by atoms with Gasteiger partial charge in [-0.3, -0.25) is 0 Å². The van der Waals surface area contributed by atoms with E-state index in [1.54, 1.807) is 24.3 Å².